The van der Waals surface area contributed by atoms with E-state index in [1.807, 2.05) is 24.4 Å². The fourth-order valence-corrected chi connectivity index (χ4v) is 2.66. The largest absolute Gasteiger partial charge is 0.378 e. The summed E-state index contributed by atoms with van der Waals surface area (Å²) in [6.07, 6.45) is 0.242. The van der Waals surface area contributed by atoms with Gasteiger partial charge < -0.3 is 10.1 Å². The first-order chi connectivity index (χ1) is 9.60. The molecule has 2 aromatic rings. The lowest BCUT2D eigenvalue weighted by molar-refractivity contribution is -0.115. The highest BCUT2D eigenvalue weighted by Crippen LogP contribution is 2.23. The molecule has 6 heteroatoms. The van der Waals surface area contributed by atoms with E-state index < -0.39 is 0 Å². The quantitative estimate of drug-likeness (QED) is 0.920. The molecule has 1 heterocycles. The third-order valence-electron chi connectivity index (χ3n) is 2.75. The Morgan fingerprint density at radius 1 is 1.50 bits per heavy atom. The van der Waals surface area contributed by atoms with Crippen LogP contribution in [0.5, 0.6) is 0 Å². The molecule has 1 amide bonds. The molecular weight excluding hydrogens is 296 g/mol. The zero-order valence-corrected chi connectivity index (χ0v) is 12.8. The number of carbonyl (C=O) groups excluding carboxylic acids is 1. The highest BCUT2D eigenvalue weighted by molar-refractivity contribution is 7.09. The van der Waals surface area contributed by atoms with Gasteiger partial charge in [0.2, 0.25) is 5.91 Å². The predicted molar refractivity (Wildman–Crippen MR) is 81.3 cm³/mol. The van der Waals surface area contributed by atoms with Gasteiger partial charge in [0.1, 0.15) is 5.01 Å². The predicted octanol–water partition coefficient (Wildman–Crippen LogP) is 3.43. The van der Waals surface area contributed by atoms with Crippen molar-refractivity contribution < 1.29 is 9.53 Å². The van der Waals surface area contributed by atoms with Crippen LogP contribution in [0.4, 0.5) is 5.69 Å². The third-order valence-corrected chi connectivity index (χ3v) is 4.03. The van der Waals surface area contributed by atoms with Crippen molar-refractivity contribution in [2.24, 2.45) is 0 Å². The number of benzene rings is 1. The first-order valence-corrected chi connectivity index (χ1v) is 7.33. The van der Waals surface area contributed by atoms with Crippen LogP contribution in [0.25, 0.3) is 0 Å². The number of nitrogens with zero attached hydrogens (tertiary/aromatic N) is 1. The number of rotatable bonds is 5. The Morgan fingerprint density at radius 3 is 3.05 bits per heavy atom. The van der Waals surface area contributed by atoms with Crippen molar-refractivity contribution in [3.05, 3.63) is 44.9 Å². The van der Waals surface area contributed by atoms with E-state index >= 15 is 0 Å². The fraction of sp³-hybridized carbons (Fsp3) is 0.286. The Morgan fingerprint density at radius 2 is 2.30 bits per heavy atom. The first-order valence-electron chi connectivity index (χ1n) is 6.07. The van der Waals surface area contributed by atoms with Gasteiger partial charge in [0, 0.05) is 23.2 Å². The maximum atomic E-state index is 12.0. The van der Waals surface area contributed by atoms with E-state index in [1.54, 1.807) is 13.2 Å². The standard InChI is InChI=1S/C14H15ClN2O2S/c1-9-11(15)4-3-5-12(9)17-13(18)6-10-8-20-14(16-10)7-19-2/h3-5,8H,6-7H2,1-2H3,(H,17,18). The summed E-state index contributed by atoms with van der Waals surface area (Å²) in [5.74, 6) is -0.107. The number of halogens is 1. The monoisotopic (exact) mass is 310 g/mol. The Labute approximate surface area is 126 Å². The Hall–Kier alpha value is -1.43. The highest BCUT2D eigenvalue weighted by atomic mass is 35.5. The number of ether oxygens (including phenoxy) is 1. The van der Waals surface area contributed by atoms with Gasteiger partial charge in [0.05, 0.1) is 18.7 Å². The normalized spacial score (nSPS) is 10.6. The van der Waals surface area contributed by atoms with Crippen LogP contribution in [-0.4, -0.2) is 18.0 Å². The van der Waals surface area contributed by atoms with Crippen LogP contribution in [0.1, 0.15) is 16.3 Å². The fourth-order valence-electron chi connectivity index (χ4n) is 1.72. The molecule has 0 atom stereocenters. The average molecular weight is 311 g/mol. The molecule has 1 N–H and O–H groups in total. The number of thiazole rings is 1. The first kappa shape index (κ1) is 15.0. The minimum atomic E-state index is -0.107. The van der Waals surface area contributed by atoms with Gasteiger partial charge in [-0.05, 0) is 24.6 Å². The summed E-state index contributed by atoms with van der Waals surface area (Å²) < 4.78 is 5.00. The van der Waals surface area contributed by atoms with Crippen LogP contribution in [0.15, 0.2) is 23.6 Å². The lowest BCUT2D eigenvalue weighted by Crippen LogP contribution is -2.15. The summed E-state index contributed by atoms with van der Waals surface area (Å²) in [6, 6.07) is 5.44. The molecule has 0 spiro atoms. The van der Waals surface area contributed by atoms with Crippen LogP contribution >= 0.6 is 22.9 Å². The summed E-state index contributed by atoms with van der Waals surface area (Å²) >= 11 is 7.51. The second kappa shape index (κ2) is 6.83. The van der Waals surface area contributed by atoms with Crippen LogP contribution in [0.2, 0.25) is 5.02 Å². The van der Waals surface area contributed by atoms with Crippen molar-refractivity contribution in [1.82, 2.24) is 4.98 Å². The molecule has 20 heavy (non-hydrogen) atoms. The molecule has 4 nitrogen and oxygen atoms in total. The number of anilines is 1. The van der Waals surface area contributed by atoms with E-state index in [2.05, 4.69) is 10.3 Å². The summed E-state index contributed by atoms with van der Waals surface area (Å²) in [7, 11) is 1.62. The van der Waals surface area contributed by atoms with Crippen LogP contribution in [0, 0.1) is 6.92 Å². The molecule has 0 fully saturated rings. The molecule has 0 aliphatic heterocycles. The SMILES string of the molecule is COCc1nc(CC(=O)Nc2cccc(Cl)c2C)cs1. The molecule has 0 radical (unpaired) electrons. The number of carbonyl (C=O) groups is 1. The van der Waals surface area contributed by atoms with Crippen molar-refractivity contribution in [1.29, 1.82) is 0 Å². The molecule has 0 aliphatic carbocycles. The number of aromatic nitrogens is 1. The second-order valence-corrected chi connectivity index (χ2v) is 5.65. The molecular formula is C14H15ClN2O2S. The van der Waals surface area contributed by atoms with Gasteiger partial charge in [-0.1, -0.05) is 17.7 Å². The third kappa shape index (κ3) is 3.79. The summed E-state index contributed by atoms with van der Waals surface area (Å²) in [6.45, 7) is 2.34. The molecule has 0 saturated carbocycles. The second-order valence-electron chi connectivity index (χ2n) is 4.30. The van der Waals surface area contributed by atoms with Crippen molar-refractivity contribution >= 4 is 34.5 Å². The van der Waals surface area contributed by atoms with Crippen molar-refractivity contribution in [3.8, 4) is 0 Å². The molecule has 1 aromatic heterocycles. The van der Waals surface area contributed by atoms with Gasteiger partial charge in [0.25, 0.3) is 0 Å². The van der Waals surface area contributed by atoms with E-state index in [0.29, 0.717) is 11.6 Å². The van der Waals surface area contributed by atoms with Crippen molar-refractivity contribution in [3.63, 3.8) is 0 Å². The Bertz CT molecular complexity index is 613. The van der Waals surface area contributed by atoms with E-state index in [-0.39, 0.29) is 12.3 Å². The van der Waals surface area contributed by atoms with Gasteiger partial charge in [-0.3, -0.25) is 4.79 Å². The molecule has 1 aromatic carbocycles. The summed E-state index contributed by atoms with van der Waals surface area (Å²) in [5, 5.41) is 6.23. The van der Waals surface area contributed by atoms with Gasteiger partial charge in [-0.25, -0.2) is 4.98 Å². The van der Waals surface area contributed by atoms with E-state index in [1.165, 1.54) is 11.3 Å². The zero-order chi connectivity index (χ0) is 14.5. The van der Waals surface area contributed by atoms with Crippen LogP contribution < -0.4 is 5.32 Å². The number of amides is 1. The Kier molecular flexibility index (Phi) is 5.11. The van der Waals surface area contributed by atoms with Crippen molar-refractivity contribution in [2.75, 3.05) is 12.4 Å². The molecule has 0 unspecified atom stereocenters. The number of methoxy groups -OCH3 is 1. The van der Waals surface area contributed by atoms with E-state index in [0.717, 1.165) is 22.0 Å². The molecule has 0 bridgehead atoms. The smallest absolute Gasteiger partial charge is 0.230 e. The molecule has 0 aliphatic rings. The maximum Gasteiger partial charge on any atom is 0.230 e. The lowest BCUT2D eigenvalue weighted by atomic mass is 10.2. The zero-order valence-electron chi connectivity index (χ0n) is 11.3. The van der Waals surface area contributed by atoms with Crippen LogP contribution in [-0.2, 0) is 22.6 Å². The molecule has 0 saturated heterocycles. The number of hydrogen-bond acceptors (Lipinski definition) is 4. The van der Waals surface area contributed by atoms with E-state index in [9.17, 15) is 4.79 Å². The van der Waals surface area contributed by atoms with Gasteiger partial charge in [-0.2, -0.15) is 0 Å². The molecule has 106 valence electrons. The number of hydrogen-bond donors (Lipinski definition) is 1. The Balaban J connectivity index is 1.99. The maximum absolute atomic E-state index is 12.0. The number of nitrogens with one attached hydrogen (secondary N) is 1. The summed E-state index contributed by atoms with van der Waals surface area (Å²) in [4.78, 5) is 16.3. The minimum Gasteiger partial charge on any atom is -0.378 e. The van der Waals surface area contributed by atoms with Gasteiger partial charge >= 0.3 is 0 Å². The highest BCUT2D eigenvalue weighted by Gasteiger charge is 2.10. The van der Waals surface area contributed by atoms with Crippen molar-refractivity contribution in [2.45, 2.75) is 20.0 Å². The summed E-state index contributed by atoms with van der Waals surface area (Å²) in [5.41, 5.74) is 2.34. The van der Waals surface area contributed by atoms with Gasteiger partial charge in [0.15, 0.2) is 0 Å². The lowest BCUT2D eigenvalue weighted by Gasteiger charge is -2.08. The minimum absolute atomic E-state index is 0.107. The molecule has 2 rings (SSSR count). The van der Waals surface area contributed by atoms with Gasteiger partial charge in [-0.15, -0.1) is 11.3 Å². The topological polar surface area (TPSA) is 51.2 Å². The van der Waals surface area contributed by atoms with Crippen LogP contribution in [0.3, 0.4) is 0 Å². The van der Waals surface area contributed by atoms with E-state index in [4.69, 9.17) is 16.3 Å². The average Bonchev–Trinajstić information content (AvgIpc) is 2.83.